The number of carbonyl (C=O) groups is 1. The van der Waals surface area contributed by atoms with Gasteiger partial charge in [0.2, 0.25) is 0 Å². The highest BCUT2D eigenvalue weighted by molar-refractivity contribution is 7.90. The van der Waals surface area contributed by atoms with E-state index >= 15 is 0 Å². The number of ether oxygens (including phenoxy) is 2. The smallest absolute Gasteiger partial charge is 0.344 e. The Balaban J connectivity index is 1.69. The number of carbonyl (C=O) groups excluding carboxylic acids is 1. The van der Waals surface area contributed by atoms with E-state index in [1.54, 1.807) is 24.5 Å². The Morgan fingerprint density at radius 2 is 1.91 bits per heavy atom. The number of halogens is 1. The van der Waals surface area contributed by atoms with Gasteiger partial charge in [0.05, 0.1) is 34.1 Å². The van der Waals surface area contributed by atoms with Crippen molar-refractivity contribution in [3.05, 3.63) is 44.7 Å². The fourth-order valence-electron chi connectivity index (χ4n) is 4.07. The monoisotopic (exact) mass is 477 g/mol. The Labute approximate surface area is 191 Å². The number of rotatable bonds is 6. The van der Waals surface area contributed by atoms with Crippen LogP contribution in [0.3, 0.4) is 0 Å². The highest BCUT2D eigenvalue weighted by Crippen LogP contribution is 2.46. The number of sulfone groups is 1. The largest absolute Gasteiger partial charge is 0.492 e. The summed E-state index contributed by atoms with van der Waals surface area (Å²) in [5.74, 6) is -0.230. The summed E-state index contributed by atoms with van der Waals surface area (Å²) in [7, 11) is -3.72. The van der Waals surface area contributed by atoms with Crippen LogP contribution in [-0.4, -0.2) is 31.7 Å². The van der Waals surface area contributed by atoms with Gasteiger partial charge < -0.3 is 14.0 Å². The predicted octanol–water partition coefficient (Wildman–Crippen LogP) is 4.14. The Hall–Kier alpha value is -2.32. The van der Waals surface area contributed by atoms with E-state index in [0.717, 1.165) is 25.7 Å². The van der Waals surface area contributed by atoms with Crippen LogP contribution in [0.2, 0.25) is 5.02 Å². The first-order valence-corrected chi connectivity index (χ1v) is 12.9. The third-order valence-corrected chi connectivity index (χ3v) is 7.92. The van der Waals surface area contributed by atoms with Gasteiger partial charge in [-0.05, 0) is 63.1 Å². The number of hydrogen-bond donors (Lipinski definition) is 0. The minimum Gasteiger partial charge on any atom is -0.492 e. The normalized spacial score (nSPS) is 18.8. The van der Waals surface area contributed by atoms with E-state index in [1.807, 2.05) is 0 Å². The van der Waals surface area contributed by atoms with Gasteiger partial charge in [0.25, 0.3) is 5.56 Å². The standard InChI is InChI=1S/C23H24ClNO6S/c1-12(2)31-23(27)17-7-14-11-32(28,29)20-9-19(30-10-13-3-4-13)18(24)8-16(20)21(14)25(22(17)26)15-5-6-15/h7-9,12-13,15H,3-6,10-11H2,1-2H3. The highest BCUT2D eigenvalue weighted by Gasteiger charge is 2.38. The molecule has 32 heavy (non-hydrogen) atoms. The van der Waals surface area contributed by atoms with Crippen molar-refractivity contribution >= 4 is 27.4 Å². The summed E-state index contributed by atoms with van der Waals surface area (Å²) in [4.78, 5) is 26.0. The van der Waals surface area contributed by atoms with Crippen LogP contribution >= 0.6 is 11.6 Å². The molecule has 9 heteroatoms. The molecule has 2 heterocycles. The van der Waals surface area contributed by atoms with E-state index in [-0.39, 0.29) is 22.3 Å². The average Bonchev–Trinajstić information content (AvgIpc) is 3.59. The Kier molecular flexibility index (Phi) is 5.13. The molecule has 2 fully saturated rings. The summed E-state index contributed by atoms with van der Waals surface area (Å²) in [6.07, 6.45) is 3.37. The number of pyridine rings is 1. The van der Waals surface area contributed by atoms with E-state index in [0.29, 0.717) is 40.1 Å². The van der Waals surface area contributed by atoms with Crippen molar-refractivity contribution in [3.63, 3.8) is 0 Å². The second-order valence-corrected chi connectivity index (χ2v) is 11.4. The van der Waals surface area contributed by atoms with Gasteiger partial charge in [-0.1, -0.05) is 11.6 Å². The zero-order valence-electron chi connectivity index (χ0n) is 17.9. The molecule has 0 N–H and O–H groups in total. The van der Waals surface area contributed by atoms with Crippen LogP contribution in [-0.2, 0) is 20.3 Å². The topological polar surface area (TPSA) is 91.7 Å². The predicted molar refractivity (Wildman–Crippen MR) is 119 cm³/mol. The zero-order chi connectivity index (χ0) is 22.8. The second-order valence-electron chi connectivity index (χ2n) is 9.08. The Morgan fingerprint density at radius 1 is 1.19 bits per heavy atom. The molecule has 0 saturated heterocycles. The molecule has 7 nitrogen and oxygen atoms in total. The van der Waals surface area contributed by atoms with Crippen LogP contribution in [0.4, 0.5) is 0 Å². The van der Waals surface area contributed by atoms with Crippen LogP contribution in [0.25, 0.3) is 11.3 Å². The summed E-state index contributed by atoms with van der Waals surface area (Å²) in [6, 6.07) is 4.33. The average molecular weight is 478 g/mol. The van der Waals surface area contributed by atoms with Crippen molar-refractivity contribution in [2.24, 2.45) is 5.92 Å². The molecule has 0 radical (unpaired) electrons. The number of benzene rings is 1. The van der Waals surface area contributed by atoms with Gasteiger partial charge in [-0.25, -0.2) is 13.2 Å². The molecule has 2 aromatic rings. The molecule has 0 atom stereocenters. The summed E-state index contributed by atoms with van der Waals surface area (Å²) >= 11 is 6.47. The van der Waals surface area contributed by atoms with Crippen LogP contribution < -0.4 is 10.3 Å². The fourth-order valence-corrected chi connectivity index (χ4v) is 5.85. The van der Waals surface area contributed by atoms with Gasteiger partial charge in [-0.3, -0.25) is 4.79 Å². The van der Waals surface area contributed by atoms with Crippen LogP contribution in [0.1, 0.15) is 61.5 Å². The molecule has 0 unspecified atom stereocenters. The van der Waals surface area contributed by atoms with Crippen molar-refractivity contribution in [3.8, 4) is 17.0 Å². The van der Waals surface area contributed by atoms with Crippen LogP contribution in [0.5, 0.6) is 5.75 Å². The lowest BCUT2D eigenvalue weighted by Crippen LogP contribution is -2.32. The van der Waals surface area contributed by atoms with Gasteiger partial charge in [0.15, 0.2) is 9.84 Å². The van der Waals surface area contributed by atoms with Gasteiger partial charge in [0, 0.05) is 17.7 Å². The van der Waals surface area contributed by atoms with Crippen LogP contribution in [0.15, 0.2) is 27.9 Å². The van der Waals surface area contributed by atoms with Crippen molar-refractivity contribution in [1.82, 2.24) is 4.57 Å². The molecule has 2 aliphatic carbocycles. The summed E-state index contributed by atoms with van der Waals surface area (Å²) in [6.45, 7) is 3.89. The molecule has 1 aromatic carbocycles. The van der Waals surface area contributed by atoms with Crippen LogP contribution in [0, 0.1) is 5.92 Å². The third kappa shape index (κ3) is 3.83. The minimum atomic E-state index is -3.72. The summed E-state index contributed by atoms with van der Waals surface area (Å²) in [5, 5.41) is 0.297. The SMILES string of the molecule is CC(C)OC(=O)c1cc2c(n(C3CC3)c1=O)-c1cc(Cl)c(OCC3CC3)cc1S(=O)(=O)C2. The molecule has 0 bridgehead atoms. The first-order chi connectivity index (χ1) is 15.2. The summed E-state index contributed by atoms with van der Waals surface area (Å²) in [5.41, 5.74) is 0.690. The van der Waals surface area contributed by atoms with E-state index in [9.17, 15) is 18.0 Å². The number of hydrogen-bond acceptors (Lipinski definition) is 6. The van der Waals surface area contributed by atoms with Gasteiger partial charge in [0.1, 0.15) is 11.3 Å². The maximum absolute atomic E-state index is 13.3. The number of aromatic nitrogens is 1. The fraction of sp³-hybridized carbons (Fsp3) is 0.478. The number of esters is 1. The third-order valence-electron chi connectivity index (χ3n) is 5.93. The van der Waals surface area contributed by atoms with Crippen molar-refractivity contribution in [1.29, 1.82) is 0 Å². The van der Waals surface area contributed by atoms with Gasteiger partial charge >= 0.3 is 5.97 Å². The zero-order valence-corrected chi connectivity index (χ0v) is 19.5. The first-order valence-electron chi connectivity index (χ1n) is 10.8. The lowest BCUT2D eigenvalue weighted by Gasteiger charge is -2.26. The van der Waals surface area contributed by atoms with E-state index in [4.69, 9.17) is 21.1 Å². The van der Waals surface area contributed by atoms with Crippen molar-refractivity contribution in [2.75, 3.05) is 6.61 Å². The quantitative estimate of drug-likeness (QED) is 0.580. The van der Waals surface area contributed by atoms with Crippen molar-refractivity contribution < 1.29 is 22.7 Å². The van der Waals surface area contributed by atoms with E-state index in [2.05, 4.69) is 0 Å². The number of nitrogens with zero attached hydrogens (tertiary/aromatic N) is 1. The maximum Gasteiger partial charge on any atom is 0.344 e. The van der Waals surface area contributed by atoms with E-state index in [1.165, 1.54) is 12.1 Å². The molecule has 5 rings (SSSR count). The Bertz CT molecular complexity index is 1290. The first kappa shape index (κ1) is 21.5. The lowest BCUT2D eigenvalue weighted by atomic mass is 10.0. The molecule has 2 saturated carbocycles. The maximum atomic E-state index is 13.3. The molecule has 170 valence electrons. The molecule has 0 amide bonds. The second kappa shape index (κ2) is 7.63. The van der Waals surface area contributed by atoms with Gasteiger partial charge in [-0.2, -0.15) is 0 Å². The molecule has 0 spiro atoms. The van der Waals surface area contributed by atoms with Gasteiger partial charge in [-0.15, -0.1) is 0 Å². The van der Waals surface area contributed by atoms with Crippen molar-refractivity contribution in [2.45, 2.75) is 62.3 Å². The Morgan fingerprint density at radius 3 is 2.53 bits per heavy atom. The molecule has 1 aromatic heterocycles. The molecular weight excluding hydrogens is 454 g/mol. The molecular formula is C23H24ClNO6S. The minimum absolute atomic E-state index is 0.0822. The molecule has 1 aliphatic heterocycles. The number of fused-ring (bicyclic) bond motifs is 3. The highest BCUT2D eigenvalue weighted by atomic mass is 35.5. The van der Waals surface area contributed by atoms with E-state index < -0.39 is 27.5 Å². The molecule has 3 aliphatic rings. The lowest BCUT2D eigenvalue weighted by molar-refractivity contribution is 0.0375. The summed E-state index contributed by atoms with van der Waals surface area (Å²) < 4.78 is 38.9.